The monoisotopic (exact) mass is 266 g/mol. The van der Waals surface area contributed by atoms with E-state index >= 15 is 0 Å². The Morgan fingerprint density at radius 1 is 1.50 bits per heavy atom. The highest BCUT2D eigenvalue weighted by Crippen LogP contribution is 2.17. The maximum Gasteiger partial charge on any atom is 0.236 e. The molecule has 0 bridgehead atoms. The average Bonchev–Trinajstić information content (AvgIpc) is 3.05. The van der Waals surface area contributed by atoms with Crippen molar-refractivity contribution in [2.24, 2.45) is 0 Å². The first-order chi connectivity index (χ1) is 8.75. The van der Waals surface area contributed by atoms with E-state index in [1.165, 1.54) is 30.6 Å². The minimum absolute atomic E-state index is 0.207. The predicted molar refractivity (Wildman–Crippen MR) is 75.9 cm³/mol. The van der Waals surface area contributed by atoms with Crippen LogP contribution in [0.2, 0.25) is 0 Å². The first kappa shape index (κ1) is 13.6. The second-order valence-electron chi connectivity index (χ2n) is 5.01. The number of carbonyl (C=O) groups excluding carboxylic acids is 1. The summed E-state index contributed by atoms with van der Waals surface area (Å²) in [5.41, 5.74) is 0. The van der Waals surface area contributed by atoms with Gasteiger partial charge in [-0.1, -0.05) is 18.9 Å². The molecule has 1 aromatic rings. The molecule has 4 heteroatoms. The van der Waals surface area contributed by atoms with Crippen molar-refractivity contribution in [3.05, 3.63) is 22.4 Å². The number of rotatable bonds is 6. The fourth-order valence-electron chi connectivity index (χ4n) is 2.35. The van der Waals surface area contributed by atoms with E-state index in [1.807, 2.05) is 11.9 Å². The first-order valence-corrected chi connectivity index (χ1v) is 7.63. The molecule has 1 N–H and O–H groups in total. The normalized spacial score (nSPS) is 16.1. The third-order valence-electron chi connectivity index (χ3n) is 3.60. The summed E-state index contributed by atoms with van der Waals surface area (Å²) in [5, 5.41) is 5.45. The van der Waals surface area contributed by atoms with Gasteiger partial charge in [0.1, 0.15) is 0 Å². The molecule has 1 aliphatic rings. The van der Waals surface area contributed by atoms with Gasteiger partial charge in [0.2, 0.25) is 5.91 Å². The fourth-order valence-corrected chi connectivity index (χ4v) is 3.05. The zero-order chi connectivity index (χ0) is 12.8. The molecule has 1 heterocycles. The number of hydrogen-bond donors (Lipinski definition) is 1. The van der Waals surface area contributed by atoms with Crippen molar-refractivity contribution < 1.29 is 4.79 Å². The Labute approximate surface area is 113 Å². The van der Waals surface area contributed by atoms with Crippen LogP contribution in [0.25, 0.3) is 0 Å². The Bertz CT molecular complexity index is 358. The Balaban J connectivity index is 1.64. The third kappa shape index (κ3) is 4.10. The van der Waals surface area contributed by atoms with Crippen molar-refractivity contribution >= 4 is 17.2 Å². The number of amides is 1. The van der Waals surface area contributed by atoms with E-state index in [-0.39, 0.29) is 5.91 Å². The smallest absolute Gasteiger partial charge is 0.236 e. The molecule has 3 nitrogen and oxygen atoms in total. The van der Waals surface area contributed by atoms with E-state index in [0.29, 0.717) is 12.6 Å². The highest BCUT2D eigenvalue weighted by molar-refractivity contribution is 7.09. The SMILES string of the molecule is CN(CCc1cccs1)C(=O)CNC1CCCC1. The van der Waals surface area contributed by atoms with E-state index < -0.39 is 0 Å². The van der Waals surface area contributed by atoms with Gasteiger partial charge in [0.25, 0.3) is 0 Å². The molecule has 0 aliphatic heterocycles. The summed E-state index contributed by atoms with van der Waals surface area (Å²) in [4.78, 5) is 15.1. The molecule has 18 heavy (non-hydrogen) atoms. The lowest BCUT2D eigenvalue weighted by Gasteiger charge is -2.19. The van der Waals surface area contributed by atoms with Crippen molar-refractivity contribution in [3.8, 4) is 0 Å². The highest BCUT2D eigenvalue weighted by Gasteiger charge is 2.16. The molecular weight excluding hydrogens is 244 g/mol. The van der Waals surface area contributed by atoms with Crippen molar-refractivity contribution in [2.75, 3.05) is 20.1 Å². The maximum atomic E-state index is 11.9. The predicted octanol–water partition coefficient (Wildman–Crippen LogP) is 2.28. The second-order valence-corrected chi connectivity index (χ2v) is 6.04. The van der Waals surface area contributed by atoms with Gasteiger partial charge < -0.3 is 10.2 Å². The number of hydrogen-bond acceptors (Lipinski definition) is 3. The molecule has 0 saturated heterocycles. The molecule has 1 amide bonds. The first-order valence-electron chi connectivity index (χ1n) is 6.75. The minimum atomic E-state index is 0.207. The zero-order valence-electron chi connectivity index (χ0n) is 11.0. The van der Waals surface area contributed by atoms with Gasteiger partial charge in [-0.2, -0.15) is 0 Å². The Morgan fingerprint density at radius 2 is 2.28 bits per heavy atom. The van der Waals surface area contributed by atoms with Crippen LogP contribution in [0.1, 0.15) is 30.6 Å². The van der Waals surface area contributed by atoms with Crippen LogP contribution < -0.4 is 5.32 Å². The number of nitrogens with one attached hydrogen (secondary N) is 1. The van der Waals surface area contributed by atoms with Gasteiger partial charge >= 0.3 is 0 Å². The van der Waals surface area contributed by atoms with Gasteiger partial charge in [0, 0.05) is 24.5 Å². The van der Waals surface area contributed by atoms with Crippen LogP contribution in [0.5, 0.6) is 0 Å². The number of likely N-dealkylation sites (N-methyl/N-ethyl adjacent to an activating group) is 1. The highest BCUT2D eigenvalue weighted by atomic mass is 32.1. The van der Waals surface area contributed by atoms with Crippen molar-refractivity contribution in [3.63, 3.8) is 0 Å². The molecule has 1 aliphatic carbocycles. The van der Waals surface area contributed by atoms with Gasteiger partial charge in [0.05, 0.1) is 6.54 Å². The Kier molecular flexibility index (Phi) is 5.20. The Hall–Kier alpha value is -0.870. The summed E-state index contributed by atoms with van der Waals surface area (Å²) in [5.74, 6) is 0.207. The molecule has 0 radical (unpaired) electrons. The van der Waals surface area contributed by atoms with Crippen LogP contribution in [-0.2, 0) is 11.2 Å². The summed E-state index contributed by atoms with van der Waals surface area (Å²) in [6, 6.07) is 4.75. The van der Waals surface area contributed by atoms with E-state index in [2.05, 4.69) is 22.8 Å². The zero-order valence-corrected chi connectivity index (χ0v) is 11.8. The van der Waals surface area contributed by atoms with Gasteiger partial charge in [-0.25, -0.2) is 0 Å². The van der Waals surface area contributed by atoms with E-state index in [1.54, 1.807) is 11.3 Å². The largest absolute Gasteiger partial charge is 0.344 e. The standard InChI is InChI=1S/C14H22N2OS/c1-16(9-8-13-7-4-10-18-13)14(17)11-15-12-5-2-3-6-12/h4,7,10,12,15H,2-3,5-6,8-9,11H2,1H3. The molecule has 0 unspecified atom stereocenters. The number of nitrogens with zero attached hydrogens (tertiary/aromatic N) is 1. The summed E-state index contributed by atoms with van der Waals surface area (Å²) >= 11 is 1.76. The van der Waals surface area contributed by atoms with E-state index in [4.69, 9.17) is 0 Å². The third-order valence-corrected chi connectivity index (χ3v) is 4.53. The molecule has 100 valence electrons. The molecule has 1 aromatic heterocycles. The summed E-state index contributed by atoms with van der Waals surface area (Å²) in [6.07, 6.45) is 6.03. The number of thiophene rings is 1. The molecule has 0 spiro atoms. The maximum absolute atomic E-state index is 11.9. The van der Waals surface area contributed by atoms with Gasteiger partial charge in [-0.15, -0.1) is 11.3 Å². The van der Waals surface area contributed by atoms with Crippen molar-refractivity contribution in [1.29, 1.82) is 0 Å². The molecule has 0 atom stereocenters. The van der Waals surface area contributed by atoms with Gasteiger partial charge in [-0.05, 0) is 30.7 Å². The Morgan fingerprint density at radius 3 is 2.94 bits per heavy atom. The van der Waals surface area contributed by atoms with Crippen molar-refractivity contribution in [1.82, 2.24) is 10.2 Å². The van der Waals surface area contributed by atoms with Crippen LogP contribution >= 0.6 is 11.3 Å². The summed E-state index contributed by atoms with van der Waals surface area (Å²) < 4.78 is 0. The lowest BCUT2D eigenvalue weighted by atomic mass is 10.2. The lowest BCUT2D eigenvalue weighted by molar-refractivity contribution is -0.129. The van der Waals surface area contributed by atoms with E-state index in [0.717, 1.165) is 13.0 Å². The molecule has 0 aromatic carbocycles. The van der Waals surface area contributed by atoms with E-state index in [9.17, 15) is 4.79 Å². The van der Waals surface area contributed by atoms with Crippen LogP contribution in [-0.4, -0.2) is 37.0 Å². The lowest BCUT2D eigenvalue weighted by Crippen LogP contribution is -2.39. The van der Waals surface area contributed by atoms with Gasteiger partial charge in [0.15, 0.2) is 0 Å². The summed E-state index contributed by atoms with van der Waals surface area (Å²) in [7, 11) is 1.90. The molecular formula is C14H22N2OS. The van der Waals surface area contributed by atoms with Crippen LogP contribution in [0.3, 0.4) is 0 Å². The van der Waals surface area contributed by atoms with Crippen LogP contribution in [0.15, 0.2) is 17.5 Å². The minimum Gasteiger partial charge on any atom is -0.344 e. The average molecular weight is 266 g/mol. The number of carbonyl (C=O) groups is 1. The summed E-state index contributed by atoms with van der Waals surface area (Å²) in [6.45, 7) is 1.30. The molecule has 1 saturated carbocycles. The van der Waals surface area contributed by atoms with Crippen LogP contribution in [0.4, 0.5) is 0 Å². The van der Waals surface area contributed by atoms with Gasteiger partial charge in [-0.3, -0.25) is 4.79 Å². The van der Waals surface area contributed by atoms with Crippen LogP contribution in [0, 0.1) is 0 Å². The molecule has 1 fully saturated rings. The quantitative estimate of drug-likeness (QED) is 0.857. The fraction of sp³-hybridized carbons (Fsp3) is 0.643. The topological polar surface area (TPSA) is 32.3 Å². The molecule has 2 rings (SSSR count). The van der Waals surface area contributed by atoms with Crippen molar-refractivity contribution in [2.45, 2.75) is 38.1 Å². The second kappa shape index (κ2) is 6.90.